The van der Waals surface area contributed by atoms with Crippen molar-refractivity contribution in [2.24, 2.45) is 10.2 Å². The first-order valence-corrected chi connectivity index (χ1v) is 12.4. The molecule has 0 unspecified atom stereocenters. The molecule has 4 rings (SSSR count). The molecule has 11 heteroatoms. The number of hydrazone groups is 1. The largest absolute Gasteiger partial charge is 0.372 e. The summed E-state index contributed by atoms with van der Waals surface area (Å²) in [5, 5.41) is 10.3. The van der Waals surface area contributed by atoms with E-state index in [1.165, 1.54) is 18.3 Å². The van der Waals surface area contributed by atoms with Crippen LogP contribution in [0.25, 0.3) is 10.4 Å². The molecule has 1 fully saturated rings. The van der Waals surface area contributed by atoms with Gasteiger partial charge in [-0.3, -0.25) is 9.59 Å². The van der Waals surface area contributed by atoms with E-state index in [0.29, 0.717) is 22.4 Å². The third-order valence-corrected chi connectivity index (χ3v) is 6.35. The van der Waals surface area contributed by atoms with Crippen molar-refractivity contribution < 1.29 is 14.0 Å². The molecule has 9 nitrogen and oxygen atoms in total. The predicted molar refractivity (Wildman–Crippen MR) is 146 cm³/mol. The van der Waals surface area contributed by atoms with Crippen LogP contribution >= 0.6 is 11.6 Å². The van der Waals surface area contributed by atoms with Gasteiger partial charge >= 0.3 is 0 Å². The van der Waals surface area contributed by atoms with E-state index >= 15 is 0 Å². The van der Waals surface area contributed by atoms with Gasteiger partial charge in [0, 0.05) is 29.3 Å². The summed E-state index contributed by atoms with van der Waals surface area (Å²) in [5.41, 5.74) is 13.9. The van der Waals surface area contributed by atoms with Gasteiger partial charge < -0.3 is 10.2 Å². The number of amides is 2. The number of carbonyl (C=O) groups excluding carboxylic acids is 2. The van der Waals surface area contributed by atoms with Crippen LogP contribution in [0.4, 0.5) is 15.8 Å². The van der Waals surface area contributed by atoms with Crippen molar-refractivity contribution >= 4 is 41.0 Å². The second-order valence-corrected chi connectivity index (χ2v) is 9.10. The topological polar surface area (TPSA) is 123 Å². The Morgan fingerprint density at radius 3 is 2.63 bits per heavy atom. The van der Waals surface area contributed by atoms with Crippen LogP contribution in [-0.4, -0.2) is 31.1 Å². The first-order valence-electron chi connectivity index (χ1n) is 12.0. The molecule has 0 atom stereocenters. The lowest BCUT2D eigenvalue weighted by Crippen LogP contribution is -2.30. The van der Waals surface area contributed by atoms with Crippen LogP contribution in [0.2, 0.25) is 5.02 Å². The molecule has 2 N–H and O–H groups in total. The van der Waals surface area contributed by atoms with Crippen LogP contribution in [0.5, 0.6) is 0 Å². The number of carbonyl (C=O) groups is 2. The molecule has 194 valence electrons. The fourth-order valence-corrected chi connectivity index (χ4v) is 4.23. The SMILES string of the molecule is [N-]=[N+]=NCc1cccc(C(=O)Nc2ccc(N3CCCCC3)cc2C(=O)N/N=C/c2ccc(Cl)c(F)c2)c1. The number of rotatable bonds is 8. The average molecular weight is 534 g/mol. The lowest BCUT2D eigenvalue weighted by atomic mass is 10.1. The number of azide groups is 1. The average Bonchev–Trinajstić information content (AvgIpc) is 2.94. The van der Waals surface area contributed by atoms with E-state index in [4.69, 9.17) is 17.1 Å². The zero-order chi connectivity index (χ0) is 26.9. The number of halogens is 2. The molecule has 3 aromatic rings. The van der Waals surface area contributed by atoms with Gasteiger partial charge in [0.2, 0.25) is 0 Å². The lowest BCUT2D eigenvalue weighted by molar-refractivity contribution is 0.0956. The van der Waals surface area contributed by atoms with Crippen molar-refractivity contribution in [3.8, 4) is 0 Å². The summed E-state index contributed by atoms with van der Waals surface area (Å²) < 4.78 is 13.7. The van der Waals surface area contributed by atoms with Gasteiger partial charge in [-0.25, -0.2) is 9.82 Å². The van der Waals surface area contributed by atoms with Gasteiger partial charge in [-0.05, 0) is 78.4 Å². The fraction of sp³-hybridized carbons (Fsp3) is 0.222. The summed E-state index contributed by atoms with van der Waals surface area (Å²) in [6.45, 7) is 1.88. The Morgan fingerprint density at radius 2 is 1.87 bits per heavy atom. The molecule has 1 aliphatic heterocycles. The van der Waals surface area contributed by atoms with E-state index in [2.05, 4.69) is 30.8 Å². The number of nitrogens with one attached hydrogen (secondary N) is 2. The number of piperidine rings is 1. The van der Waals surface area contributed by atoms with Crippen LogP contribution in [0.15, 0.2) is 70.9 Å². The van der Waals surface area contributed by atoms with Gasteiger partial charge in [-0.1, -0.05) is 34.9 Å². The maximum atomic E-state index is 13.7. The number of benzene rings is 3. The Bertz CT molecular complexity index is 1420. The minimum atomic E-state index is -0.593. The van der Waals surface area contributed by atoms with Gasteiger partial charge in [0.05, 0.1) is 29.0 Å². The number of nitrogens with zero attached hydrogens (tertiary/aromatic N) is 5. The zero-order valence-corrected chi connectivity index (χ0v) is 21.2. The first kappa shape index (κ1) is 26.7. The van der Waals surface area contributed by atoms with Gasteiger partial charge in [-0.2, -0.15) is 5.10 Å². The fourth-order valence-electron chi connectivity index (χ4n) is 4.11. The minimum absolute atomic E-state index is 0.00979. The van der Waals surface area contributed by atoms with Crippen molar-refractivity contribution in [2.75, 3.05) is 23.3 Å². The summed E-state index contributed by atoms with van der Waals surface area (Å²) in [5.74, 6) is -1.56. The summed E-state index contributed by atoms with van der Waals surface area (Å²) >= 11 is 5.71. The second kappa shape index (κ2) is 12.7. The highest BCUT2D eigenvalue weighted by Gasteiger charge is 2.18. The molecule has 2 amide bonds. The Balaban J connectivity index is 1.57. The summed E-state index contributed by atoms with van der Waals surface area (Å²) in [7, 11) is 0. The van der Waals surface area contributed by atoms with Gasteiger partial charge in [0.1, 0.15) is 5.82 Å². The summed E-state index contributed by atoms with van der Waals surface area (Å²) in [4.78, 5) is 31.1. The lowest BCUT2D eigenvalue weighted by Gasteiger charge is -2.29. The van der Waals surface area contributed by atoms with Crippen LogP contribution < -0.4 is 15.6 Å². The maximum Gasteiger partial charge on any atom is 0.273 e. The monoisotopic (exact) mass is 533 g/mol. The van der Waals surface area contributed by atoms with Crippen LogP contribution in [0, 0.1) is 5.82 Å². The van der Waals surface area contributed by atoms with E-state index in [1.54, 1.807) is 42.5 Å². The van der Waals surface area contributed by atoms with Crippen molar-refractivity contribution in [3.63, 3.8) is 0 Å². The van der Waals surface area contributed by atoms with E-state index in [-0.39, 0.29) is 17.1 Å². The quantitative estimate of drug-likeness (QED) is 0.116. The molecule has 3 aromatic carbocycles. The molecule has 0 spiro atoms. The molecule has 0 bridgehead atoms. The zero-order valence-electron chi connectivity index (χ0n) is 20.4. The number of hydrogen-bond acceptors (Lipinski definition) is 5. The highest BCUT2D eigenvalue weighted by molar-refractivity contribution is 6.30. The molecular formula is C27H25ClFN7O2. The summed E-state index contributed by atoms with van der Waals surface area (Å²) in [6, 6.07) is 16.2. The third kappa shape index (κ3) is 6.88. The van der Waals surface area contributed by atoms with Crippen molar-refractivity contribution in [1.82, 2.24) is 5.43 Å². The Morgan fingerprint density at radius 1 is 1.05 bits per heavy atom. The van der Waals surface area contributed by atoms with Gasteiger partial charge in [0.25, 0.3) is 11.8 Å². The highest BCUT2D eigenvalue weighted by Crippen LogP contribution is 2.26. The Kier molecular flexibility index (Phi) is 8.92. The smallest absolute Gasteiger partial charge is 0.273 e. The Labute approximate surface area is 223 Å². The van der Waals surface area contributed by atoms with Crippen molar-refractivity contribution in [2.45, 2.75) is 25.8 Å². The molecule has 1 aliphatic rings. The van der Waals surface area contributed by atoms with E-state index in [9.17, 15) is 14.0 Å². The van der Waals surface area contributed by atoms with Crippen molar-refractivity contribution in [1.29, 1.82) is 0 Å². The third-order valence-electron chi connectivity index (χ3n) is 6.05. The maximum absolute atomic E-state index is 13.7. The second-order valence-electron chi connectivity index (χ2n) is 8.69. The van der Waals surface area contributed by atoms with Gasteiger partial charge in [-0.15, -0.1) is 0 Å². The molecule has 0 saturated carbocycles. The Hall–Kier alpha value is -4.40. The number of hydrogen-bond donors (Lipinski definition) is 2. The van der Waals surface area contributed by atoms with Crippen LogP contribution in [0.3, 0.4) is 0 Å². The van der Waals surface area contributed by atoms with Gasteiger partial charge in [0.15, 0.2) is 0 Å². The molecule has 1 saturated heterocycles. The minimum Gasteiger partial charge on any atom is -0.372 e. The molecule has 0 aromatic heterocycles. The standard InChI is InChI=1S/C27H25ClFN7O2/c28-23-9-7-19(14-24(23)29)16-31-34-27(38)22-15-21(36-11-2-1-3-12-36)8-10-25(22)33-26(37)20-6-4-5-18(13-20)17-32-35-30/h4-10,13-16H,1-3,11-12,17H2,(H,33,37)(H,34,38)/b31-16+. The van der Waals surface area contributed by atoms with E-state index < -0.39 is 17.6 Å². The molecule has 0 radical (unpaired) electrons. The highest BCUT2D eigenvalue weighted by atomic mass is 35.5. The number of anilines is 2. The first-order chi connectivity index (χ1) is 18.4. The molecule has 38 heavy (non-hydrogen) atoms. The molecule has 0 aliphatic carbocycles. The summed E-state index contributed by atoms with van der Waals surface area (Å²) in [6.07, 6.45) is 4.60. The van der Waals surface area contributed by atoms with E-state index in [0.717, 1.165) is 38.0 Å². The molecular weight excluding hydrogens is 509 g/mol. The normalized spacial score (nSPS) is 13.2. The van der Waals surface area contributed by atoms with Crippen molar-refractivity contribution in [3.05, 3.63) is 104 Å². The van der Waals surface area contributed by atoms with Crippen LogP contribution in [0.1, 0.15) is 51.1 Å². The van der Waals surface area contributed by atoms with Crippen LogP contribution in [-0.2, 0) is 6.54 Å². The van der Waals surface area contributed by atoms with E-state index in [1.807, 2.05) is 6.07 Å². The predicted octanol–water partition coefficient (Wildman–Crippen LogP) is 6.30. The molecule has 1 heterocycles.